The quantitative estimate of drug-likeness (QED) is 0.188. The van der Waals surface area contributed by atoms with Crippen molar-refractivity contribution < 1.29 is 19.5 Å². The summed E-state index contributed by atoms with van der Waals surface area (Å²) in [6.07, 6.45) is 13.1. The fourth-order valence-electron chi connectivity index (χ4n) is 2.25. The Labute approximate surface area is 168 Å². The van der Waals surface area contributed by atoms with Crippen LogP contribution in [-0.4, -0.2) is 55.5 Å². The minimum absolute atomic E-state index is 0. The monoisotopic (exact) mass is 475 g/mol. The van der Waals surface area contributed by atoms with E-state index in [1.807, 2.05) is 0 Å². The van der Waals surface area contributed by atoms with Gasteiger partial charge in [-0.05, 0) is 86.1 Å². The van der Waals surface area contributed by atoms with E-state index >= 15 is 0 Å². The van der Waals surface area contributed by atoms with Gasteiger partial charge in [-0.15, -0.1) is 0 Å². The van der Waals surface area contributed by atoms with Crippen molar-refractivity contribution >= 4 is 23.8 Å². The number of hydrogen-bond acceptors (Lipinski definition) is 0. The Balaban J connectivity index is -0.0000000675. The Bertz CT molecular complexity index is 112. The summed E-state index contributed by atoms with van der Waals surface area (Å²) in [5, 5.41) is 0. The van der Waals surface area contributed by atoms with E-state index in [1.165, 1.54) is 55.5 Å². The van der Waals surface area contributed by atoms with Crippen LogP contribution in [0.1, 0.15) is 62.3 Å². The van der Waals surface area contributed by atoms with Crippen molar-refractivity contribution in [2.24, 2.45) is 0 Å². The van der Waals surface area contributed by atoms with Gasteiger partial charge in [0.05, 0.1) is 55.5 Å². The van der Waals surface area contributed by atoms with Crippen molar-refractivity contribution in [1.82, 2.24) is 0 Å². The molecule has 0 nitrogen and oxygen atoms in total. The number of rotatable bonds is 9. The van der Waals surface area contributed by atoms with Gasteiger partial charge in [-0.1, -0.05) is 0 Å². The SMILES string of the molecule is CC[PH+](CC)CC.CC[PH+](CC)CC.CC[PH+](CC)CC.[CH3-].[Rh]. The largest absolute Gasteiger partial charge is 0.358 e. The van der Waals surface area contributed by atoms with E-state index in [9.17, 15) is 0 Å². The summed E-state index contributed by atoms with van der Waals surface area (Å²) in [7, 11) is 0.412. The van der Waals surface area contributed by atoms with Gasteiger partial charge in [-0.2, -0.15) is 0 Å². The van der Waals surface area contributed by atoms with Gasteiger partial charge in [0.15, 0.2) is 0 Å². The van der Waals surface area contributed by atoms with E-state index in [0.717, 1.165) is 0 Å². The predicted octanol–water partition coefficient (Wildman–Crippen LogP) is 7.23. The summed E-state index contributed by atoms with van der Waals surface area (Å²) < 4.78 is 0. The molecule has 0 N–H and O–H groups in total. The third-order valence-corrected chi connectivity index (χ3v) is 13.5. The Morgan fingerprint density at radius 2 is 0.435 bits per heavy atom. The molecule has 0 amide bonds. The molecule has 1 radical (unpaired) electrons. The molecule has 23 heavy (non-hydrogen) atoms. The van der Waals surface area contributed by atoms with Gasteiger partial charge < -0.3 is 7.43 Å². The second-order valence-corrected chi connectivity index (χ2v) is 16.3. The number of hydrogen-bond donors (Lipinski definition) is 0. The fraction of sp³-hybridized carbons (Fsp3) is 0.947. The molecule has 0 unspecified atom stereocenters. The van der Waals surface area contributed by atoms with Crippen LogP contribution in [0, 0.1) is 7.43 Å². The van der Waals surface area contributed by atoms with Crippen LogP contribution in [0.3, 0.4) is 0 Å². The summed E-state index contributed by atoms with van der Waals surface area (Å²) in [5.41, 5.74) is 0. The van der Waals surface area contributed by atoms with Crippen LogP contribution in [0.25, 0.3) is 0 Å². The summed E-state index contributed by atoms with van der Waals surface area (Å²) in [6, 6.07) is 0. The molecular weight excluding hydrogens is 424 g/mol. The van der Waals surface area contributed by atoms with Crippen LogP contribution in [0.4, 0.5) is 0 Å². The zero-order chi connectivity index (χ0) is 17.1. The first-order valence-electron chi connectivity index (χ1n) is 9.55. The molecule has 0 atom stereocenters. The molecule has 0 saturated carbocycles. The first-order valence-corrected chi connectivity index (χ1v) is 15.9. The molecule has 4 heteroatoms. The van der Waals surface area contributed by atoms with E-state index < -0.39 is 0 Å². The summed E-state index contributed by atoms with van der Waals surface area (Å²) in [4.78, 5) is 0. The third kappa shape index (κ3) is 29.0. The van der Waals surface area contributed by atoms with Gasteiger partial charge in [0.1, 0.15) is 0 Å². The molecule has 0 spiro atoms. The minimum Gasteiger partial charge on any atom is -0.358 e. The fourth-order valence-corrected chi connectivity index (χ4v) is 6.75. The van der Waals surface area contributed by atoms with E-state index in [0.29, 0.717) is 0 Å². The van der Waals surface area contributed by atoms with Gasteiger partial charge in [0, 0.05) is 19.5 Å². The maximum atomic E-state index is 2.31. The van der Waals surface area contributed by atoms with Gasteiger partial charge in [-0.3, -0.25) is 0 Å². The average Bonchev–Trinajstić information content (AvgIpc) is 2.54. The van der Waals surface area contributed by atoms with Crippen molar-refractivity contribution in [2.75, 3.05) is 55.5 Å². The summed E-state index contributed by atoms with van der Waals surface area (Å²) >= 11 is 0. The zero-order valence-corrected chi connectivity index (χ0v) is 22.8. The Morgan fingerprint density at radius 1 is 0.348 bits per heavy atom. The molecule has 0 saturated heterocycles. The van der Waals surface area contributed by atoms with Crippen LogP contribution < -0.4 is 0 Å². The molecule has 0 aromatic carbocycles. The van der Waals surface area contributed by atoms with Crippen LogP contribution in [0.5, 0.6) is 0 Å². The molecule has 0 aromatic rings. The topological polar surface area (TPSA) is 0 Å². The molecule has 0 fully saturated rings. The Hall–Kier alpha value is 1.91. The van der Waals surface area contributed by atoms with Gasteiger partial charge >= 0.3 is 0 Å². The normalized spacial score (nSPS) is 9.39. The van der Waals surface area contributed by atoms with Crippen LogP contribution >= 0.6 is 23.8 Å². The maximum absolute atomic E-state index is 2.31. The van der Waals surface area contributed by atoms with Crippen molar-refractivity contribution in [3.8, 4) is 0 Å². The minimum atomic E-state index is 0. The van der Waals surface area contributed by atoms with Crippen molar-refractivity contribution in [3.05, 3.63) is 7.43 Å². The van der Waals surface area contributed by atoms with Crippen molar-refractivity contribution in [3.63, 3.8) is 0 Å². The molecule has 0 aliphatic rings. The third-order valence-electron chi connectivity index (χ3n) is 4.50. The molecule has 0 aromatic heterocycles. The van der Waals surface area contributed by atoms with Gasteiger partial charge in [-0.25, -0.2) is 0 Å². The van der Waals surface area contributed by atoms with E-state index in [1.54, 1.807) is 0 Å². The zero-order valence-electron chi connectivity index (χ0n) is 18.2. The Kier molecular flexibility index (Phi) is 49.5. The van der Waals surface area contributed by atoms with Gasteiger partial charge in [0.2, 0.25) is 0 Å². The van der Waals surface area contributed by atoms with Crippen LogP contribution in [0.15, 0.2) is 0 Å². The van der Waals surface area contributed by atoms with Crippen molar-refractivity contribution in [1.29, 1.82) is 0 Å². The molecule has 0 rings (SSSR count). The van der Waals surface area contributed by atoms with E-state index in [2.05, 4.69) is 62.3 Å². The smallest absolute Gasteiger partial charge is 0.0543 e. The second-order valence-electron chi connectivity index (χ2n) is 5.43. The molecule has 0 aliphatic carbocycles. The molecule has 0 heterocycles. The molecule has 0 aliphatic heterocycles. The molecule has 0 bridgehead atoms. The summed E-state index contributed by atoms with van der Waals surface area (Å²) in [6.45, 7) is 20.8. The second kappa shape index (κ2) is 31.7. The first-order chi connectivity index (χ1) is 10.0. The molecule has 149 valence electrons. The maximum Gasteiger partial charge on any atom is 0.0543 e. The summed E-state index contributed by atoms with van der Waals surface area (Å²) in [5.74, 6) is 0. The van der Waals surface area contributed by atoms with Crippen LogP contribution in [0.2, 0.25) is 0 Å². The first kappa shape index (κ1) is 35.9. The van der Waals surface area contributed by atoms with Crippen molar-refractivity contribution in [2.45, 2.75) is 62.3 Å². The van der Waals surface area contributed by atoms with Gasteiger partial charge in [0.25, 0.3) is 0 Å². The molecular formula is C19H51P3Rh+2. The predicted molar refractivity (Wildman–Crippen MR) is 126 cm³/mol. The van der Waals surface area contributed by atoms with E-state index in [-0.39, 0.29) is 50.7 Å². The Morgan fingerprint density at radius 3 is 0.435 bits per heavy atom. The standard InChI is InChI=1S/3C6H15P.CH3.Rh/c3*1-4-7(5-2)6-3;;/h3*4-6H2,1-3H3;1H3;/q;;;-1;/p+3. The van der Waals surface area contributed by atoms with Crippen LogP contribution in [-0.2, 0) is 19.5 Å². The van der Waals surface area contributed by atoms with E-state index in [4.69, 9.17) is 0 Å². The average molecular weight is 475 g/mol.